The summed E-state index contributed by atoms with van der Waals surface area (Å²) in [5, 5.41) is 11.9. The van der Waals surface area contributed by atoms with E-state index in [2.05, 4.69) is 23.3 Å². The van der Waals surface area contributed by atoms with E-state index in [9.17, 15) is 0 Å². The molecule has 90 valence electrons. The lowest BCUT2D eigenvalue weighted by Gasteiger charge is -2.28. The summed E-state index contributed by atoms with van der Waals surface area (Å²) in [6.45, 7) is 2.03. The molecule has 2 bridgehead atoms. The Morgan fingerprint density at radius 3 is 2.75 bits per heavy atom. The normalized spacial score (nSPS) is 34.2. The van der Waals surface area contributed by atoms with Crippen LogP contribution in [0.15, 0.2) is 0 Å². The zero-order valence-electron chi connectivity index (χ0n) is 10.4. The zero-order chi connectivity index (χ0) is 11.5. The third kappa shape index (κ3) is 2.56. The second-order valence-corrected chi connectivity index (χ2v) is 5.63. The summed E-state index contributed by atoms with van der Waals surface area (Å²) in [6.07, 6.45) is 5.84. The summed E-state index contributed by atoms with van der Waals surface area (Å²) in [5.41, 5.74) is 0. The molecule has 4 unspecified atom stereocenters. The number of hydrogen-bond donors (Lipinski definition) is 1. The zero-order valence-corrected chi connectivity index (χ0v) is 10.4. The highest BCUT2D eigenvalue weighted by Crippen LogP contribution is 2.48. The Morgan fingerprint density at radius 2 is 2.25 bits per heavy atom. The fourth-order valence-electron chi connectivity index (χ4n) is 3.58. The molecule has 3 heteroatoms. The second-order valence-electron chi connectivity index (χ2n) is 5.63. The lowest BCUT2D eigenvalue weighted by Crippen LogP contribution is -2.39. The number of hydrogen-bond acceptors (Lipinski definition) is 3. The number of likely N-dealkylation sites (N-methyl/N-ethyl adjacent to an activating group) is 2. The van der Waals surface area contributed by atoms with Crippen LogP contribution in [0.3, 0.4) is 0 Å². The Kier molecular flexibility index (Phi) is 3.83. The molecule has 0 spiro atoms. The first-order valence-electron chi connectivity index (χ1n) is 6.48. The minimum atomic E-state index is -0.0245. The fraction of sp³-hybridized carbons (Fsp3) is 0.923. The van der Waals surface area contributed by atoms with Crippen molar-refractivity contribution in [2.45, 2.75) is 31.7 Å². The highest BCUT2D eigenvalue weighted by molar-refractivity contribution is 4.93. The van der Waals surface area contributed by atoms with Crippen molar-refractivity contribution in [3.8, 4) is 6.07 Å². The highest BCUT2D eigenvalue weighted by Gasteiger charge is 2.39. The van der Waals surface area contributed by atoms with Gasteiger partial charge < -0.3 is 10.2 Å². The molecule has 0 aromatic heterocycles. The molecule has 2 aliphatic rings. The molecule has 0 aromatic rings. The molecule has 0 saturated heterocycles. The van der Waals surface area contributed by atoms with Gasteiger partial charge in [0.2, 0.25) is 0 Å². The quantitative estimate of drug-likeness (QED) is 0.764. The third-order valence-corrected chi connectivity index (χ3v) is 4.43. The number of rotatable bonds is 5. The van der Waals surface area contributed by atoms with Gasteiger partial charge in [-0.3, -0.25) is 0 Å². The average molecular weight is 221 g/mol. The van der Waals surface area contributed by atoms with Crippen LogP contribution < -0.4 is 5.32 Å². The molecule has 3 nitrogen and oxygen atoms in total. The van der Waals surface area contributed by atoms with Gasteiger partial charge in [0.1, 0.15) is 6.04 Å². The van der Waals surface area contributed by atoms with E-state index < -0.39 is 0 Å². The predicted molar refractivity (Wildman–Crippen MR) is 64.9 cm³/mol. The number of nitrogens with one attached hydrogen (secondary N) is 1. The van der Waals surface area contributed by atoms with Crippen LogP contribution in [0.2, 0.25) is 0 Å². The molecule has 0 aromatic carbocycles. The predicted octanol–water partition coefficient (Wildman–Crippen LogP) is 1.47. The summed E-state index contributed by atoms with van der Waals surface area (Å²) in [4.78, 5) is 2.33. The van der Waals surface area contributed by atoms with Gasteiger partial charge in [-0.1, -0.05) is 6.42 Å². The van der Waals surface area contributed by atoms with Crippen LogP contribution in [0.4, 0.5) is 0 Å². The monoisotopic (exact) mass is 221 g/mol. The minimum Gasteiger partial charge on any atom is -0.304 e. The van der Waals surface area contributed by atoms with Crippen LogP contribution in [0.1, 0.15) is 25.7 Å². The molecule has 1 N–H and O–H groups in total. The lowest BCUT2D eigenvalue weighted by molar-refractivity contribution is 0.214. The van der Waals surface area contributed by atoms with Crippen molar-refractivity contribution in [3.63, 3.8) is 0 Å². The van der Waals surface area contributed by atoms with Crippen LogP contribution in [0.5, 0.6) is 0 Å². The van der Waals surface area contributed by atoms with Crippen molar-refractivity contribution in [1.82, 2.24) is 10.2 Å². The molecule has 2 aliphatic carbocycles. The van der Waals surface area contributed by atoms with Crippen molar-refractivity contribution in [3.05, 3.63) is 0 Å². The Hall–Kier alpha value is -0.590. The molecule has 0 radical (unpaired) electrons. The molecular weight excluding hydrogens is 198 g/mol. The van der Waals surface area contributed by atoms with E-state index in [-0.39, 0.29) is 6.04 Å². The van der Waals surface area contributed by atoms with E-state index in [1.807, 2.05) is 7.05 Å². The number of nitrogens with zero attached hydrogens (tertiary/aromatic N) is 2. The molecular formula is C13H23N3. The Balaban J connectivity index is 1.75. The topological polar surface area (TPSA) is 39.1 Å². The van der Waals surface area contributed by atoms with E-state index >= 15 is 0 Å². The van der Waals surface area contributed by atoms with E-state index in [1.165, 1.54) is 32.2 Å². The SMILES string of the molecule is CNC(C#N)CN(C)CC1CC2CCC1C2. The van der Waals surface area contributed by atoms with Crippen LogP contribution in [-0.4, -0.2) is 38.1 Å². The van der Waals surface area contributed by atoms with Gasteiger partial charge in [0.05, 0.1) is 6.07 Å². The first-order chi connectivity index (χ1) is 7.72. The molecule has 2 fully saturated rings. The molecule has 0 heterocycles. The molecule has 0 amide bonds. The van der Waals surface area contributed by atoms with Gasteiger partial charge >= 0.3 is 0 Å². The second kappa shape index (κ2) is 5.16. The maximum absolute atomic E-state index is 8.90. The van der Waals surface area contributed by atoms with Crippen LogP contribution in [0.25, 0.3) is 0 Å². The first kappa shape index (κ1) is 11.9. The Bertz CT molecular complexity index is 271. The summed E-state index contributed by atoms with van der Waals surface area (Å²) >= 11 is 0. The first-order valence-corrected chi connectivity index (χ1v) is 6.48. The van der Waals surface area contributed by atoms with Gasteiger partial charge in [0.25, 0.3) is 0 Å². The largest absolute Gasteiger partial charge is 0.304 e. The maximum Gasteiger partial charge on any atom is 0.108 e. The molecule has 16 heavy (non-hydrogen) atoms. The van der Waals surface area contributed by atoms with Gasteiger partial charge in [0.15, 0.2) is 0 Å². The van der Waals surface area contributed by atoms with E-state index in [4.69, 9.17) is 5.26 Å². The summed E-state index contributed by atoms with van der Waals surface area (Å²) in [5.74, 6) is 2.92. The van der Waals surface area contributed by atoms with Gasteiger partial charge in [-0.25, -0.2) is 0 Å². The molecule has 0 aliphatic heterocycles. The van der Waals surface area contributed by atoms with Crippen molar-refractivity contribution in [2.24, 2.45) is 17.8 Å². The average Bonchev–Trinajstić information content (AvgIpc) is 2.87. The smallest absolute Gasteiger partial charge is 0.108 e. The van der Waals surface area contributed by atoms with Gasteiger partial charge in [0, 0.05) is 13.1 Å². The van der Waals surface area contributed by atoms with E-state index in [0.717, 1.165) is 24.3 Å². The molecule has 4 atom stereocenters. The fourth-order valence-corrected chi connectivity index (χ4v) is 3.58. The van der Waals surface area contributed by atoms with E-state index in [1.54, 1.807) is 0 Å². The summed E-state index contributed by atoms with van der Waals surface area (Å²) in [7, 11) is 4.01. The van der Waals surface area contributed by atoms with E-state index in [0.29, 0.717) is 0 Å². The minimum absolute atomic E-state index is 0.0245. The van der Waals surface area contributed by atoms with Gasteiger partial charge in [-0.2, -0.15) is 5.26 Å². The Labute approximate surface area is 98.8 Å². The number of nitriles is 1. The maximum atomic E-state index is 8.90. The summed E-state index contributed by atoms with van der Waals surface area (Å²) in [6, 6.07) is 2.26. The van der Waals surface area contributed by atoms with Gasteiger partial charge in [-0.05, 0) is 51.1 Å². The van der Waals surface area contributed by atoms with Crippen molar-refractivity contribution in [1.29, 1.82) is 5.26 Å². The number of fused-ring (bicyclic) bond motifs is 2. The summed E-state index contributed by atoms with van der Waals surface area (Å²) < 4.78 is 0. The van der Waals surface area contributed by atoms with Crippen LogP contribution in [-0.2, 0) is 0 Å². The highest BCUT2D eigenvalue weighted by atomic mass is 15.1. The third-order valence-electron chi connectivity index (χ3n) is 4.43. The standard InChI is InChI=1S/C13H23N3/c1-15-13(7-14)9-16(2)8-12-6-10-3-4-11(12)5-10/h10-13,15H,3-6,8-9H2,1-2H3. The van der Waals surface area contributed by atoms with Crippen LogP contribution >= 0.6 is 0 Å². The molecule has 2 saturated carbocycles. The molecule has 2 rings (SSSR count). The van der Waals surface area contributed by atoms with Crippen molar-refractivity contribution >= 4 is 0 Å². The van der Waals surface area contributed by atoms with Crippen molar-refractivity contribution in [2.75, 3.05) is 27.2 Å². The van der Waals surface area contributed by atoms with Crippen molar-refractivity contribution < 1.29 is 0 Å². The van der Waals surface area contributed by atoms with Gasteiger partial charge in [-0.15, -0.1) is 0 Å². The lowest BCUT2D eigenvalue weighted by atomic mass is 9.88. The van der Waals surface area contributed by atoms with Crippen LogP contribution in [0, 0.1) is 29.1 Å². The Morgan fingerprint density at radius 1 is 1.44 bits per heavy atom.